The van der Waals surface area contributed by atoms with Gasteiger partial charge in [-0.1, -0.05) is 29.8 Å². The summed E-state index contributed by atoms with van der Waals surface area (Å²) in [6.45, 7) is 5.21. The first-order valence-electron chi connectivity index (χ1n) is 7.10. The van der Waals surface area contributed by atoms with Crippen molar-refractivity contribution in [3.8, 4) is 5.75 Å². The predicted molar refractivity (Wildman–Crippen MR) is 81.0 cm³/mol. The van der Waals surface area contributed by atoms with Crippen LogP contribution in [-0.4, -0.2) is 25.1 Å². The van der Waals surface area contributed by atoms with Gasteiger partial charge in [-0.2, -0.15) is 0 Å². The van der Waals surface area contributed by atoms with Crippen LogP contribution in [0.1, 0.15) is 27.0 Å². The van der Waals surface area contributed by atoms with E-state index in [9.17, 15) is 4.79 Å². The summed E-state index contributed by atoms with van der Waals surface area (Å²) in [5.74, 6) is 0.627. The Morgan fingerprint density at radius 2 is 1.95 bits per heavy atom. The maximum Gasteiger partial charge on any atom is 0.196 e. The number of ketones is 1. The minimum atomic E-state index is -0.00887. The van der Waals surface area contributed by atoms with Gasteiger partial charge >= 0.3 is 0 Å². The van der Waals surface area contributed by atoms with E-state index in [0.717, 1.165) is 17.7 Å². The minimum Gasteiger partial charge on any atom is -0.490 e. The molecule has 3 rings (SSSR count). The van der Waals surface area contributed by atoms with Crippen molar-refractivity contribution < 1.29 is 14.3 Å². The fourth-order valence-corrected chi connectivity index (χ4v) is 2.23. The third-order valence-electron chi connectivity index (χ3n) is 3.49. The highest BCUT2D eigenvalue weighted by atomic mass is 16.6. The molecule has 1 aliphatic heterocycles. The molecule has 1 heterocycles. The van der Waals surface area contributed by atoms with Crippen molar-refractivity contribution in [1.82, 2.24) is 0 Å². The van der Waals surface area contributed by atoms with E-state index in [1.165, 1.54) is 0 Å². The first kappa shape index (κ1) is 13.8. The van der Waals surface area contributed by atoms with E-state index >= 15 is 0 Å². The van der Waals surface area contributed by atoms with E-state index in [-0.39, 0.29) is 11.9 Å². The molecule has 1 atom stereocenters. The van der Waals surface area contributed by atoms with E-state index in [1.54, 1.807) is 0 Å². The lowest BCUT2D eigenvalue weighted by molar-refractivity contribution is 0.103. The zero-order valence-electron chi connectivity index (χ0n) is 12.3. The smallest absolute Gasteiger partial charge is 0.196 e. The van der Waals surface area contributed by atoms with Gasteiger partial charge in [0.1, 0.15) is 18.5 Å². The van der Waals surface area contributed by atoms with Gasteiger partial charge in [-0.15, -0.1) is 0 Å². The van der Waals surface area contributed by atoms with Crippen LogP contribution in [0.5, 0.6) is 5.75 Å². The van der Waals surface area contributed by atoms with Crippen LogP contribution in [-0.2, 0) is 4.74 Å². The van der Waals surface area contributed by atoms with Crippen LogP contribution in [0.4, 0.5) is 0 Å². The molecular formula is C18H18O3. The van der Waals surface area contributed by atoms with Crippen molar-refractivity contribution in [3.05, 3.63) is 64.7 Å². The van der Waals surface area contributed by atoms with Gasteiger partial charge in [0, 0.05) is 5.56 Å². The Hall–Kier alpha value is -2.13. The lowest BCUT2D eigenvalue weighted by Gasteiger charge is -2.11. The van der Waals surface area contributed by atoms with Crippen LogP contribution in [0.2, 0.25) is 0 Å². The van der Waals surface area contributed by atoms with Crippen LogP contribution in [0.3, 0.4) is 0 Å². The van der Waals surface area contributed by atoms with E-state index in [0.29, 0.717) is 23.5 Å². The second kappa shape index (κ2) is 5.70. The first-order chi connectivity index (χ1) is 10.1. The van der Waals surface area contributed by atoms with Gasteiger partial charge in [-0.3, -0.25) is 4.79 Å². The summed E-state index contributed by atoms with van der Waals surface area (Å²) in [4.78, 5) is 12.7. The lowest BCUT2D eigenvalue weighted by Crippen LogP contribution is -2.09. The van der Waals surface area contributed by atoms with Crippen LogP contribution < -0.4 is 4.74 Å². The molecule has 2 aromatic carbocycles. The monoisotopic (exact) mass is 282 g/mol. The number of carbonyl (C=O) groups is 1. The third-order valence-corrected chi connectivity index (χ3v) is 3.49. The molecule has 3 heteroatoms. The molecular weight excluding hydrogens is 264 g/mol. The molecule has 0 radical (unpaired) electrons. The molecule has 0 aromatic heterocycles. The Balaban J connectivity index is 1.90. The van der Waals surface area contributed by atoms with Crippen molar-refractivity contribution in [3.63, 3.8) is 0 Å². The average Bonchev–Trinajstić information content (AvgIpc) is 3.29. The summed E-state index contributed by atoms with van der Waals surface area (Å²) in [7, 11) is 0. The number of epoxide rings is 1. The van der Waals surface area contributed by atoms with Gasteiger partial charge in [-0.05, 0) is 37.6 Å². The van der Waals surface area contributed by atoms with E-state index in [1.807, 2.05) is 56.3 Å². The maximum atomic E-state index is 12.7. The van der Waals surface area contributed by atoms with Gasteiger partial charge in [0.15, 0.2) is 5.78 Å². The van der Waals surface area contributed by atoms with Gasteiger partial charge in [0.2, 0.25) is 0 Å². The van der Waals surface area contributed by atoms with Gasteiger partial charge < -0.3 is 9.47 Å². The molecule has 1 saturated heterocycles. The van der Waals surface area contributed by atoms with Gasteiger partial charge in [0.05, 0.1) is 12.2 Å². The van der Waals surface area contributed by atoms with E-state index in [2.05, 4.69) is 0 Å². The number of hydrogen-bond acceptors (Lipinski definition) is 3. The Morgan fingerprint density at radius 1 is 1.19 bits per heavy atom. The number of hydrogen-bond donors (Lipinski definition) is 0. The molecule has 108 valence electrons. The molecule has 0 aliphatic carbocycles. The van der Waals surface area contributed by atoms with E-state index in [4.69, 9.17) is 9.47 Å². The van der Waals surface area contributed by atoms with Crippen molar-refractivity contribution in [2.24, 2.45) is 0 Å². The number of aryl methyl sites for hydroxylation is 2. The largest absolute Gasteiger partial charge is 0.490 e. The Bertz CT molecular complexity index is 672. The Kier molecular flexibility index (Phi) is 3.76. The molecule has 1 fully saturated rings. The summed E-state index contributed by atoms with van der Waals surface area (Å²) in [6, 6.07) is 13.3. The second-order valence-electron chi connectivity index (χ2n) is 5.46. The molecule has 0 bridgehead atoms. The number of carbonyl (C=O) groups excluding carboxylic acids is 1. The molecule has 21 heavy (non-hydrogen) atoms. The third kappa shape index (κ3) is 3.31. The second-order valence-corrected chi connectivity index (χ2v) is 5.46. The molecule has 0 amide bonds. The van der Waals surface area contributed by atoms with Crippen molar-refractivity contribution >= 4 is 5.78 Å². The zero-order valence-corrected chi connectivity index (χ0v) is 12.3. The first-order valence-corrected chi connectivity index (χ1v) is 7.10. The number of rotatable bonds is 5. The molecule has 2 aromatic rings. The molecule has 0 saturated carbocycles. The van der Waals surface area contributed by atoms with Crippen molar-refractivity contribution in [2.45, 2.75) is 20.0 Å². The topological polar surface area (TPSA) is 38.8 Å². The minimum absolute atomic E-state index is 0.00887. The fourth-order valence-electron chi connectivity index (χ4n) is 2.23. The van der Waals surface area contributed by atoms with Gasteiger partial charge in [-0.25, -0.2) is 0 Å². The highest BCUT2D eigenvalue weighted by molar-refractivity contribution is 6.10. The summed E-state index contributed by atoms with van der Waals surface area (Å²) >= 11 is 0. The lowest BCUT2D eigenvalue weighted by atomic mass is 10.00. The van der Waals surface area contributed by atoms with Crippen LogP contribution in [0.25, 0.3) is 0 Å². The summed E-state index contributed by atoms with van der Waals surface area (Å²) < 4.78 is 10.9. The highest BCUT2D eigenvalue weighted by Crippen LogP contribution is 2.25. The molecule has 3 nitrogen and oxygen atoms in total. The summed E-state index contributed by atoms with van der Waals surface area (Å²) in [6.07, 6.45) is 0.174. The van der Waals surface area contributed by atoms with Crippen molar-refractivity contribution in [2.75, 3.05) is 13.2 Å². The normalized spacial score (nSPS) is 16.6. The summed E-state index contributed by atoms with van der Waals surface area (Å²) in [5.41, 5.74) is 3.43. The summed E-state index contributed by atoms with van der Waals surface area (Å²) in [5, 5.41) is 0. The Labute approximate surface area is 124 Å². The quantitative estimate of drug-likeness (QED) is 0.624. The average molecular weight is 282 g/mol. The van der Waals surface area contributed by atoms with E-state index < -0.39 is 0 Å². The molecule has 1 aliphatic rings. The fraction of sp³-hybridized carbons (Fsp3) is 0.278. The number of benzene rings is 2. The number of ether oxygens (including phenoxy) is 2. The maximum absolute atomic E-state index is 12.7. The standard InChI is InChI=1S/C18H18O3/c1-12-4-3-5-14(8-12)18(19)16-7-6-13(2)9-17(16)21-11-15-10-20-15/h3-9,15H,10-11H2,1-2H3. The molecule has 1 unspecified atom stereocenters. The van der Waals surface area contributed by atoms with Gasteiger partial charge in [0.25, 0.3) is 0 Å². The molecule has 0 N–H and O–H groups in total. The van der Waals surface area contributed by atoms with Crippen LogP contribution >= 0.6 is 0 Å². The predicted octanol–water partition coefficient (Wildman–Crippen LogP) is 3.31. The highest BCUT2D eigenvalue weighted by Gasteiger charge is 2.24. The van der Waals surface area contributed by atoms with Crippen LogP contribution in [0, 0.1) is 13.8 Å². The Morgan fingerprint density at radius 3 is 2.67 bits per heavy atom. The zero-order chi connectivity index (χ0) is 14.8. The molecule has 0 spiro atoms. The van der Waals surface area contributed by atoms with Crippen LogP contribution in [0.15, 0.2) is 42.5 Å². The SMILES string of the molecule is Cc1cccc(C(=O)c2ccc(C)cc2OCC2CO2)c1. The van der Waals surface area contributed by atoms with Crippen molar-refractivity contribution in [1.29, 1.82) is 0 Å².